The second-order valence-corrected chi connectivity index (χ2v) is 4.47. The summed E-state index contributed by atoms with van der Waals surface area (Å²) in [7, 11) is 5.45. The molecular weight excluding hydrogens is 304 g/mol. The molecule has 0 amide bonds. The van der Waals surface area contributed by atoms with E-state index in [9.17, 15) is 0 Å². The lowest BCUT2D eigenvalue weighted by molar-refractivity contribution is -0.432. The van der Waals surface area contributed by atoms with Crippen molar-refractivity contribution in [2.24, 2.45) is 0 Å². The van der Waals surface area contributed by atoms with Crippen LogP contribution in [-0.4, -0.2) is 28.1 Å². The first-order valence-electron chi connectivity index (χ1n) is 5.07. The predicted octanol–water partition coefficient (Wildman–Crippen LogP) is 1.07. The summed E-state index contributed by atoms with van der Waals surface area (Å²) in [5.41, 5.74) is 6.80. The van der Waals surface area contributed by atoms with E-state index < -0.39 is 0 Å². The Morgan fingerprint density at radius 1 is 1.35 bits per heavy atom. The van der Waals surface area contributed by atoms with Crippen molar-refractivity contribution in [2.45, 2.75) is 4.90 Å². The first-order valence-corrected chi connectivity index (χ1v) is 6.19. The summed E-state index contributed by atoms with van der Waals surface area (Å²) in [5.74, 6) is 0.192. The smallest absolute Gasteiger partial charge is 0.230 e. The molecule has 102 valence electrons. The lowest BCUT2D eigenvalue weighted by atomic mass is 10.1. The molecule has 0 atom stereocenters. The molecule has 0 aliphatic heterocycles. The maximum absolute atomic E-state index is 8.08. The second-order valence-electron chi connectivity index (χ2n) is 3.39. The molecule has 2 radical (unpaired) electrons. The van der Waals surface area contributed by atoms with Gasteiger partial charge in [0.25, 0.3) is 0 Å². The van der Waals surface area contributed by atoms with Gasteiger partial charge in [-0.05, 0) is 29.8 Å². The minimum absolute atomic E-state index is 0.00106. The van der Waals surface area contributed by atoms with Crippen LogP contribution >= 0.6 is 23.6 Å². The highest BCUT2D eigenvalue weighted by Crippen LogP contribution is 2.29. The zero-order valence-corrected chi connectivity index (χ0v) is 11.4. The van der Waals surface area contributed by atoms with E-state index in [1.807, 2.05) is 0 Å². The molecule has 1 aromatic heterocycles. The topological polar surface area (TPSA) is 115 Å². The van der Waals surface area contributed by atoms with E-state index in [0.717, 1.165) is 12.0 Å². The SMILES string of the molecule is [B]c1nc(Cl)nc(Nc2ccc(SOOO)c(N)c2)n1. The van der Waals surface area contributed by atoms with E-state index in [2.05, 4.69) is 29.6 Å². The molecule has 2 rings (SSSR count). The Morgan fingerprint density at radius 2 is 2.15 bits per heavy atom. The van der Waals surface area contributed by atoms with Gasteiger partial charge in [-0.3, -0.25) is 0 Å². The molecule has 4 N–H and O–H groups in total. The standard InChI is InChI=1S/C9H7BClN5O3S/c10-7-14-8(11)16-9(15-7)13-4-1-2-6(5(12)3-4)20-19-18-17/h1-3,17H,12H2,(H,13,14,15,16). The molecule has 1 heterocycles. The van der Waals surface area contributed by atoms with Crippen LogP contribution in [0, 0.1) is 0 Å². The maximum Gasteiger partial charge on any atom is 0.230 e. The molecule has 11 heteroatoms. The van der Waals surface area contributed by atoms with Crippen LogP contribution < -0.4 is 16.8 Å². The summed E-state index contributed by atoms with van der Waals surface area (Å²) in [6.45, 7) is 0. The summed E-state index contributed by atoms with van der Waals surface area (Å²) >= 11 is 6.43. The van der Waals surface area contributed by atoms with Crippen LogP contribution in [0.4, 0.5) is 17.3 Å². The van der Waals surface area contributed by atoms with Crippen LogP contribution in [0.5, 0.6) is 0 Å². The fourth-order valence-electron chi connectivity index (χ4n) is 1.30. The number of nitrogens with one attached hydrogen (secondary N) is 1. The first kappa shape index (κ1) is 14.8. The third kappa shape index (κ3) is 3.95. The van der Waals surface area contributed by atoms with Crippen LogP contribution in [0.25, 0.3) is 0 Å². The second kappa shape index (κ2) is 6.73. The molecule has 0 aliphatic rings. The van der Waals surface area contributed by atoms with Crippen molar-refractivity contribution < 1.29 is 14.6 Å². The molecule has 0 bridgehead atoms. The fourth-order valence-corrected chi connectivity index (χ4v) is 1.85. The summed E-state index contributed by atoms with van der Waals surface area (Å²) in [4.78, 5) is 11.9. The largest absolute Gasteiger partial charge is 0.398 e. The van der Waals surface area contributed by atoms with Gasteiger partial charge in [0, 0.05) is 11.4 Å². The van der Waals surface area contributed by atoms with E-state index in [4.69, 9.17) is 30.4 Å². The van der Waals surface area contributed by atoms with Gasteiger partial charge in [-0.25, -0.2) is 15.2 Å². The van der Waals surface area contributed by atoms with E-state index in [0.29, 0.717) is 16.3 Å². The number of hydrogen-bond donors (Lipinski definition) is 3. The van der Waals surface area contributed by atoms with E-state index in [1.165, 1.54) is 0 Å². The summed E-state index contributed by atoms with van der Waals surface area (Å²) in [6, 6.07) is 4.94. The Balaban J connectivity index is 2.15. The van der Waals surface area contributed by atoms with Gasteiger partial charge in [-0.15, -0.1) is 4.33 Å². The van der Waals surface area contributed by atoms with E-state index >= 15 is 0 Å². The quantitative estimate of drug-likeness (QED) is 0.245. The van der Waals surface area contributed by atoms with Crippen molar-refractivity contribution in [2.75, 3.05) is 11.1 Å². The minimum Gasteiger partial charge on any atom is -0.398 e. The molecule has 0 fully saturated rings. The zero-order valence-electron chi connectivity index (χ0n) is 9.78. The van der Waals surface area contributed by atoms with Crippen LogP contribution in [-0.2, 0) is 9.37 Å². The highest BCUT2D eigenvalue weighted by Gasteiger charge is 2.06. The van der Waals surface area contributed by atoms with Crippen LogP contribution in [0.15, 0.2) is 23.1 Å². The number of nitrogens with zero attached hydrogens (tertiary/aromatic N) is 3. The molecule has 0 spiro atoms. The van der Waals surface area contributed by atoms with Gasteiger partial charge in [-0.2, -0.15) is 4.98 Å². The Morgan fingerprint density at radius 3 is 2.80 bits per heavy atom. The summed E-state index contributed by atoms with van der Waals surface area (Å²) < 4.78 is 4.29. The van der Waals surface area contributed by atoms with E-state index in [-0.39, 0.29) is 17.0 Å². The molecule has 8 nitrogen and oxygen atoms in total. The van der Waals surface area contributed by atoms with Crippen molar-refractivity contribution in [3.63, 3.8) is 0 Å². The number of nitrogens with two attached hydrogens (primary N) is 1. The van der Waals surface area contributed by atoms with Crippen molar-refractivity contribution in [1.82, 2.24) is 15.0 Å². The van der Waals surface area contributed by atoms with Crippen LogP contribution in [0.1, 0.15) is 0 Å². The molecule has 0 saturated heterocycles. The number of benzene rings is 1. The number of nitrogen functional groups attached to an aromatic ring is 1. The minimum atomic E-state index is -0.0198. The molecule has 0 saturated carbocycles. The van der Waals surface area contributed by atoms with Gasteiger partial charge in [0.1, 0.15) is 0 Å². The summed E-state index contributed by atoms with van der Waals surface area (Å²) in [5, 5.41) is 14.4. The Kier molecular flexibility index (Phi) is 4.98. The highest BCUT2D eigenvalue weighted by molar-refractivity contribution is 7.94. The summed E-state index contributed by atoms with van der Waals surface area (Å²) in [6.07, 6.45) is 0. The van der Waals surface area contributed by atoms with Gasteiger partial charge in [0.2, 0.25) is 11.2 Å². The number of aromatic nitrogens is 3. The van der Waals surface area contributed by atoms with Gasteiger partial charge in [-0.1, -0.05) is 5.04 Å². The van der Waals surface area contributed by atoms with Gasteiger partial charge < -0.3 is 11.1 Å². The van der Waals surface area contributed by atoms with Crippen molar-refractivity contribution >= 4 is 54.5 Å². The molecule has 1 aromatic carbocycles. The van der Waals surface area contributed by atoms with Crippen LogP contribution in [0.2, 0.25) is 5.28 Å². The number of anilines is 3. The first-order chi connectivity index (χ1) is 9.58. The average Bonchev–Trinajstić information content (AvgIpc) is 2.36. The lowest BCUT2D eigenvalue weighted by Gasteiger charge is -2.08. The maximum atomic E-state index is 8.08. The number of hydrogen-bond acceptors (Lipinski definition) is 9. The molecule has 0 aliphatic carbocycles. The van der Waals surface area contributed by atoms with Crippen molar-refractivity contribution in [1.29, 1.82) is 0 Å². The number of rotatable bonds is 5. The van der Waals surface area contributed by atoms with Crippen molar-refractivity contribution in [3.8, 4) is 0 Å². The van der Waals surface area contributed by atoms with E-state index in [1.54, 1.807) is 18.2 Å². The zero-order chi connectivity index (χ0) is 14.5. The Hall–Kier alpha value is -1.59. The Bertz CT molecular complexity index is 600. The normalized spacial score (nSPS) is 10.5. The van der Waals surface area contributed by atoms with Gasteiger partial charge in [0.15, 0.2) is 7.85 Å². The molecule has 2 aromatic rings. The average molecular weight is 312 g/mol. The highest BCUT2D eigenvalue weighted by atomic mass is 35.5. The fraction of sp³-hybridized carbons (Fsp3) is 0. The molecule has 20 heavy (non-hydrogen) atoms. The molecular formula is C9H7BClN5O3S. The monoisotopic (exact) mass is 311 g/mol. The van der Waals surface area contributed by atoms with Gasteiger partial charge >= 0.3 is 0 Å². The van der Waals surface area contributed by atoms with Crippen molar-refractivity contribution in [3.05, 3.63) is 23.5 Å². The number of halogens is 1. The third-order valence-corrected chi connectivity index (χ3v) is 2.89. The predicted molar refractivity (Wildman–Crippen MR) is 75.0 cm³/mol. The molecule has 0 unspecified atom stereocenters. The lowest BCUT2D eigenvalue weighted by Crippen LogP contribution is -2.16. The Labute approximate surface area is 124 Å². The van der Waals surface area contributed by atoms with Gasteiger partial charge in [0.05, 0.1) is 22.7 Å². The van der Waals surface area contributed by atoms with Crippen LogP contribution in [0.3, 0.4) is 0 Å². The third-order valence-electron chi connectivity index (χ3n) is 2.05.